The van der Waals surface area contributed by atoms with Crippen LogP contribution in [0.3, 0.4) is 0 Å². The van der Waals surface area contributed by atoms with Crippen LogP contribution in [0, 0.1) is 0 Å². The Kier molecular flexibility index (Phi) is 46.8. The Morgan fingerprint density at radius 1 is 0.448 bits per heavy atom. The molecule has 1 saturated heterocycles. The molecule has 9 heteroatoms. The normalized spacial score (nSPS) is 19.5. The maximum atomic E-state index is 13.1. The molecule has 0 aromatic rings. The Labute approximate surface area is 414 Å². The Morgan fingerprint density at radius 2 is 0.746 bits per heavy atom. The third-order valence-electron chi connectivity index (χ3n) is 14.7. The largest absolute Gasteiger partial charge is 0.394 e. The van der Waals surface area contributed by atoms with Gasteiger partial charge in [-0.3, -0.25) is 4.79 Å². The number of hydrogen-bond donors (Lipinski definition) is 6. The first kappa shape index (κ1) is 64.2. The lowest BCUT2D eigenvalue weighted by Gasteiger charge is -2.40. The molecule has 1 aliphatic rings. The lowest BCUT2D eigenvalue weighted by molar-refractivity contribution is -0.302. The molecule has 0 spiro atoms. The third-order valence-corrected chi connectivity index (χ3v) is 14.7. The lowest BCUT2D eigenvalue weighted by Crippen LogP contribution is -2.60. The van der Waals surface area contributed by atoms with E-state index >= 15 is 0 Å². The van der Waals surface area contributed by atoms with Crippen molar-refractivity contribution in [3.05, 3.63) is 0 Å². The van der Waals surface area contributed by atoms with Crippen molar-refractivity contribution in [1.29, 1.82) is 0 Å². The van der Waals surface area contributed by atoms with Crippen molar-refractivity contribution >= 4 is 5.91 Å². The summed E-state index contributed by atoms with van der Waals surface area (Å²) in [5.74, 6) is -0.136. The topological polar surface area (TPSA) is 149 Å². The van der Waals surface area contributed by atoms with Crippen molar-refractivity contribution in [2.24, 2.45) is 0 Å². The van der Waals surface area contributed by atoms with Gasteiger partial charge in [0.25, 0.3) is 0 Å². The predicted octanol–water partition coefficient (Wildman–Crippen LogP) is 14.6. The molecule has 7 unspecified atom stereocenters. The number of aliphatic hydroxyl groups is 5. The smallest absolute Gasteiger partial charge is 0.220 e. The van der Waals surface area contributed by atoms with Gasteiger partial charge in [0.2, 0.25) is 5.91 Å². The van der Waals surface area contributed by atoms with Crippen molar-refractivity contribution in [3.63, 3.8) is 0 Å². The van der Waals surface area contributed by atoms with Gasteiger partial charge in [-0.15, -0.1) is 0 Å². The van der Waals surface area contributed by atoms with Gasteiger partial charge in [-0.2, -0.15) is 0 Å². The fraction of sp³-hybridized carbons (Fsp3) is 0.983. The van der Waals surface area contributed by atoms with Crippen molar-refractivity contribution in [2.75, 3.05) is 13.2 Å². The maximum Gasteiger partial charge on any atom is 0.220 e. The summed E-state index contributed by atoms with van der Waals surface area (Å²) in [6.45, 7) is 3.89. The molecule has 0 radical (unpaired) electrons. The molecule has 7 atom stereocenters. The first-order valence-corrected chi connectivity index (χ1v) is 29.7. The van der Waals surface area contributed by atoms with E-state index in [-0.39, 0.29) is 12.5 Å². The summed E-state index contributed by atoms with van der Waals surface area (Å²) in [5, 5.41) is 54.7. The van der Waals surface area contributed by atoms with Crippen LogP contribution in [0.15, 0.2) is 0 Å². The highest BCUT2D eigenvalue weighted by Gasteiger charge is 2.44. The van der Waals surface area contributed by atoms with E-state index in [0.29, 0.717) is 12.8 Å². The molecule has 9 nitrogen and oxygen atoms in total. The van der Waals surface area contributed by atoms with Gasteiger partial charge in [-0.1, -0.05) is 290 Å². The molecule has 67 heavy (non-hydrogen) atoms. The zero-order chi connectivity index (χ0) is 48.7. The van der Waals surface area contributed by atoms with Crippen LogP contribution < -0.4 is 5.32 Å². The van der Waals surface area contributed by atoms with E-state index in [1.165, 1.54) is 244 Å². The zero-order valence-corrected chi connectivity index (χ0v) is 44.4. The summed E-state index contributed by atoms with van der Waals surface area (Å²) in [7, 11) is 0. The Morgan fingerprint density at radius 3 is 1.06 bits per heavy atom. The van der Waals surface area contributed by atoms with Crippen LogP contribution in [-0.4, -0.2) is 87.5 Å². The number of nitrogens with one attached hydrogen (secondary N) is 1. The molecule has 1 aliphatic heterocycles. The van der Waals surface area contributed by atoms with E-state index in [2.05, 4.69) is 19.2 Å². The summed E-state index contributed by atoms with van der Waals surface area (Å²) in [6.07, 6.45) is 51.3. The van der Waals surface area contributed by atoms with Gasteiger partial charge < -0.3 is 40.3 Å². The van der Waals surface area contributed by atoms with Crippen molar-refractivity contribution in [2.45, 2.75) is 352 Å². The predicted molar refractivity (Wildman–Crippen MR) is 281 cm³/mol. The van der Waals surface area contributed by atoms with E-state index in [1.807, 2.05) is 0 Å². The van der Waals surface area contributed by atoms with Gasteiger partial charge >= 0.3 is 0 Å². The average Bonchev–Trinajstić information content (AvgIpc) is 3.33. The summed E-state index contributed by atoms with van der Waals surface area (Å²) in [4.78, 5) is 13.1. The molecule has 0 bridgehead atoms. The summed E-state index contributed by atoms with van der Waals surface area (Å²) in [6, 6.07) is -0.713. The fourth-order valence-electron chi connectivity index (χ4n) is 9.99. The van der Waals surface area contributed by atoms with Gasteiger partial charge in [0.15, 0.2) is 6.29 Å². The quantitative estimate of drug-likeness (QED) is 0.0330. The highest BCUT2D eigenvalue weighted by Crippen LogP contribution is 2.23. The van der Waals surface area contributed by atoms with Gasteiger partial charge in [0.05, 0.1) is 25.4 Å². The molecule has 0 aromatic carbocycles. The first-order chi connectivity index (χ1) is 32.8. The van der Waals surface area contributed by atoms with Gasteiger partial charge in [-0.05, 0) is 12.8 Å². The van der Waals surface area contributed by atoms with Crippen LogP contribution in [0.4, 0.5) is 0 Å². The molecule has 1 amide bonds. The molecule has 0 aliphatic carbocycles. The molecule has 1 rings (SSSR count). The third kappa shape index (κ3) is 38.5. The standard InChI is InChI=1S/C58H115NO8/c1-3-5-7-9-11-13-15-17-19-21-23-25-26-27-28-29-31-33-35-37-39-41-43-45-47-52(61)51(50-66-58-57(65)56(64)55(63)53(49-60)67-58)59-54(62)48-46-44-42-40-38-36-34-32-30-24-22-20-18-16-14-12-10-8-6-4-2/h51-53,55-58,60-61,63-65H,3-50H2,1-2H3,(H,59,62). The second-order valence-corrected chi connectivity index (χ2v) is 21.2. The molecular weight excluding hydrogens is 839 g/mol. The molecule has 0 saturated carbocycles. The second-order valence-electron chi connectivity index (χ2n) is 21.2. The van der Waals surface area contributed by atoms with Gasteiger partial charge in [-0.25, -0.2) is 0 Å². The molecule has 6 N–H and O–H groups in total. The number of unbranched alkanes of at least 4 members (excludes halogenated alkanes) is 42. The lowest BCUT2D eigenvalue weighted by atomic mass is 9.99. The molecule has 1 fully saturated rings. The van der Waals surface area contributed by atoms with E-state index < -0.39 is 49.5 Å². The first-order valence-electron chi connectivity index (χ1n) is 29.7. The minimum absolute atomic E-state index is 0.131. The molecular formula is C58H115NO8. The monoisotopic (exact) mass is 954 g/mol. The SMILES string of the molecule is CCCCCCCCCCCCCCCCCCCCCCCCCCC(O)C(COC1OC(CO)C(O)C(O)C1O)NC(=O)CCCCCCCCCCCCCCCCCCCCCC. The minimum atomic E-state index is -1.55. The van der Waals surface area contributed by atoms with Crippen LogP contribution in [0.5, 0.6) is 0 Å². The second kappa shape index (κ2) is 48.8. The van der Waals surface area contributed by atoms with Crippen LogP contribution in [-0.2, 0) is 14.3 Å². The van der Waals surface area contributed by atoms with Crippen molar-refractivity contribution < 1.29 is 39.8 Å². The van der Waals surface area contributed by atoms with Gasteiger partial charge in [0, 0.05) is 6.42 Å². The van der Waals surface area contributed by atoms with Gasteiger partial charge in [0.1, 0.15) is 24.4 Å². The van der Waals surface area contributed by atoms with E-state index in [4.69, 9.17) is 9.47 Å². The van der Waals surface area contributed by atoms with Crippen LogP contribution in [0.25, 0.3) is 0 Å². The summed E-state index contributed by atoms with van der Waals surface area (Å²) < 4.78 is 11.3. The van der Waals surface area contributed by atoms with Crippen LogP contribution in [0.1, 0.15) is 309 Å². The van der Waals surface area contributed by atoms with Crippen LogP contribution in [0.2, 0.25) is 0 Å². The maximum absolute atomic E-state index is 13.1. The number of amides is 1. The highest BCUT2D eigenvalue weighted by molar-refractivity contribution is 5.76. The summed E-state index contributed by atoms with van der Waals surface area (Å²) in [5.41, 5.74) is 0. The Balaban J connectivity index is 2.18. The number of carbonyl (C=O) groups is 1. The number of hydrogen-bond acceptors (Lipinski definition) is 8. The molecule has 1 heterocycles. The Hall–Kier alpha value is -0.810. The van der Waals surface area contributed by atoms with Crippen LogP contribution >= 0.6 is 0 Å². The van der Waals surface area contributed by atoms with E-state index in [0.717, 1.165) is 38.5 Å². The molecule has 400 valence electrons. The van der Waals surface area contributed by atoms with Crippen molar-refractivity contribution in [3.8, 4) is 0 Å². The van der Waals surface area contributed by atoms with E-state index in [1.54, 1.807) is 0 Å². The zero-order valence-electron chi connectivity index (χ0n) is 44.4. The highest BCUT2D eigenvalue weighted by atomic mass is 16.7. The van der Waals surface area contributed by atoms with E-state index in [9.17, 15) is 30.3 Å². The number of rotatable bonds is 52. The number of aliphatic hydroxyl groups excluding tert-OH is 5. The number of carbonyl (C=O) groups excluding carboxylic acids is 1. The minimum Gasteiger partial charge on any atom is -0.394 e. The summed E-state index contributed by atoms with van der Waals surface area (Å²) >= 11 is 0. The Bertz CT molecular complexity index is 1020. The fourth-order valence-corrected chi connectivity index (χ4v) is 9.99. The molecule has 0 aromatic heterocycles. The van der Waals surface area contributed by atoms with Crippen molar-refractivity contribution in [1.82, 2.24) is 5.32 Å². The average molecular weight is 955 g/mol. The number of ether oxygens (including phenoxy) is 2.